The Morgan fingerprint density at radius 3 is 1.98 bits per heavy atom. The molecule has 0 radical (unpaired) electrons. The van der Waals surface area contributed by atoms with E-state index in [0.717, 1.165) is 25.7 Å². The average Bonchev–Trinajstić information content (AvgIpc) is 2.94. The van der Waals surface area contributed by atoms with Crippen LogP contribution >= 0.6 is 0 Å². The summed E-state index contributed by atoms with van der Waals surface area (Å²) < 4.78 is 26.2. The molecule has 2 aromatic rings. The number of hydrogen-bond acceptors (Lipinski definition) is 10. The lowest BCUT2D eigenvalue weighted by atomic mass is 9.88. The zero-order chi connectivity index (χ0) is 30.1. The van der Waals surface area contributed by atoms with E-state index in [0.29, 0.717) is 24.2 Å². The van der Waals surface area contributed by atoms with Crippen LogP contribution in [-0.2, 0) is 30.3 Å². The molecule has 2 aromatic carbocycles. The van der Waals surface area contributed by atoms with Gasteiger partial charge < -0.3 is 29.4 Å². The average molecular weight is 572 g/mol. The SMILES string of the molecule is CCCCCC(=O)Oc1ccc(C[C@](N)(CCOC(=O)Oc2ccccc2)C(=O)OC)cc1OC(=O)CCCCC. The first kappa shape index (κ1) is 33.3. The maximum absolute atomic E-state index is 12.7. The lowest BCUT2D eigenvalue weighted by Crippen LogP contribution is -2.51. The molecule has 0 saturated heterocycles. The van der Waals surface area contributed by atoms with Gasteiger partial charge in [-0.25, -0.2) is 4.79 Å². The highest BCUT2D eigenvalue weighted by Gasteiger charge is 2.36. The van der Waals surface area contributed by atoms with Crippen molar-refractivity contribution in [2.75, 3.05) is 13.7 Å². The Bertz CT molecular complexity index is 1140. The molecule has 10 nitrogen and oxygen atoms in total. The van der Waals surface area contributed by atoms with E-state index in [2.05, 4.69) is 0 Å². The second kappa shape index (κ2) is 17.7. The third-order valence-electron chi connectivity index (χ3n) is 6.25. The first-order valence-corrected chi connectivity index (χ1v) is 14.0. The minimum atomic E-state index is -1.58. The van der Waals surface area contributed by atoms with Crippen molar-refractivity contribution in [1.29, 1.82) is 0 Å². The highest BCUT2D eigenvalue weighted by atomic mass is 16.7. The van der Waals surface area contributed by atoms with E-state index >= 15 is 0 Å². The van der Waals surface area contributed by atoms with Gasteiger partial charge in [0.05, 0.1) is 13.7 Å². The second-order valence-corrected chi connectivity index (χ2v) is 9.73. The van der Waals surface area contributed by atoms with E-state index in [1.165, 1.54) is 19.2 Å². The highest BCUT2D eigenvalue weighted by molar-refractivity contribution is 5.81. The number of ether oxygens (including phenoxy) is 5. The molecule has 0 heterocycles. The molecular weight excluding hydrogens is 530 g/mol. The van der Waals surface area contributed by atoms with Crippen molar-refractivity contribution in [3.8, 4) is 17.2 Å². The van der Waals surface area contributed by atoms with Crippen molar-refractivity contribution in [1.82, 2.24) is 0 Å². The number of methoxy groups -OCH3 is 1. The topological polar surface area (TPSA) is 140 Å². The summed E-state index contributed by atoms with van der Waals surface area (Å²) in [5, 5.41) is 0. The van der Waals surface area contributed by atoms with Crippen LogP contribution in [0.2, 0.25) is 0 Å². The van der Waals surface area contributed by atoms with E-state index in [9.17, 15) is 19.2 Å². The van der Waals surface area contributed by atoms with Crippen LogP contribution in [0.3, 0.4) is 0 Å². The van der Waals surface area contributed by atoms with Gasteiger partial charge in [0.1, 0.15) is 11.3 Å². The second-order valence-electron chi connectivity index (χ2n) is 9.73. The van der Waals surface area contributed by atoms with Gasteiger partial charge in [-0.1, -0.05) is 63.8 Å². The Kier molecular flexibility index (Phi) is 14.4. The molecule has 0 spiro atoms. The van der Waals surface area contributed by atoms with Crippen LogP contribution in [0.25, 0.3) is 0 Å². The minimum absolute atomic E-state index is 0.0398. The van der Waals surface area contributed by atoms with Crippen LogP contribution in [0.1, 0.15) is 77.2 Å². The number of carbonyl (C=O) groups is 4. The summed E-state index contributed by atoms with van der Waals surface area (Å²) in [5.41, 5.74) is 5.38. The molecule has 0 fully saturated rings. The van der Waals surface area contributed by atoms with Gasteiger partial charge in [-0.3, -0.25) is 14.4 Å². The van der Waals surface area contributed by atoms with E-state index in [1.807, 2.05) is 13.8 Å². The summed E-state index contributed by atoms with van der Waals surface area (Å²) >= 11 is 0. The lowest BCUT2D eigenvalue weighted by Gasteiger charge is -2.26. The molecule has 2 N–H and O–H groups in total. The van der Waals surface area contributed by atoms with E-state index < -0.39 is 29.6 Å². The van der Waals surface area contributed by atoms with Crippen LogP contribution < -0.4 is 19.9 Å². The Morgan fingerprint density at radius 2 is 1.39 bits per heavy atom. The molecule has 0 bridgehead atoms. The Balaban J connectivity index is 2.16. The molecule has 0 aliphatic rings. The van der Waals surface area contributed by atoms with Gasteiger partial charge in [-0.2, -0.15) is 0 Å². The van der Waals surface area contributed by atoms with Gasteiger partial charge >= 0.3 is 24.1 Å². The highest BCUT2D eigenvalue weighted by Crippen LogP contribution is 2.31. The van der Waals surface area contributed by atoms with Crippen LogP contribution in [-0.4, -0.2) is 43.3 Å². The predicted octanol–water partition coefficient (Wildman–Crippen LogP) is 5.68. The van der Waals surface area contributed by atoms with Crippen molar-refractivity contribution in [3.05, 3.63) is 54.1 Å². The summed E-state index contributed by atoms with van der Waals surface area (Å²) in [6, 6.07) is 13.0. The van der Waals surface area contributed by atoms with Crippen molar-refractivity contribution in [2.45, 2.75) is 83.6 Å². The van der Waals surface area contributed by atoms with Crippen molar-refractivity contribution < 1.29 is 42.9 Å². The molecule has 0 amide bonds. The summed E-state index contributed by atoms with van der Waals surface area (Å²) in [7, 11) is 1.21. The Hall–Kier alpha value is -3.92. The first-order chi connectivity index (χ1) is 19.7. The number of carbonyl (C=O) groups excluding carboxylic acids is 4. The maximum Gasteiger partial charge on any atom is 0.513 e. The molecule has 41 heavy (non-hydrogen) atoms. The quantitative estimate of drug-likeness (QED) is 0.109. The van der Waals surface area contributed by atoms with Gasteiger partial charge in [0.15, 0.2) is 11.5 Å². The number of benzene rings is 2. The van der Waals surface area contributed by atoms with Crippen molar-refractivity contribution in [2.24, 2.45) is 5.73 Å². The number of para-hydroxylation sites is 1. The number of hydrogen-bond donors (Lipinski definition) is 1. The van der Waals surface area contributed by atoms with E-state index in [4.69, 9.17) is 29.4 Å². The van der Waals surface area contributed by atoms with E-state index in [-0.39, 0.29) is 43.8 Å². The van der Waals surface area contributed by atoms with Gasteiger partial charge in [-0.15, -0.1) is 0 Å². The maximum atomic E-state index is 12.7. The molecule has 0 aliphatic heterocycles. The van der Waals surface area contributed by atoms with Gasteiger partial charge in [0.2, 0.25) is 0 Å². The Labute approximate surface area is 241 Å². The largest absolute Gasteiger partial charge is 0.513 e. The minimum Gasteiger partial charge on any atom is -0.468 e. The molecule has 1 atom stereocenters. The predicted molar refractivity (Wildman–Crippen MR) is 152 cm³/mol. The fourth-order valence-corrected chi connectivity index (χ4v) is 3.97. The summed E-state index contributed by atoms with van der Waals surface area (Å²) in [4.78, 5) is 49.6. The number of unbranched alkanes of at least 4 members (excludes halogenated alkanes) is 4. The zero-order valence-electron chi connectivity index (χ0n) is 24.1. The molecule has 0 aliphatic carbocycles. The zero-order valence-corrected chi connectivity index (χ0v) is 24.1. The van der Waals surface area contributed by atoms with E-state index in [1.54, 1.807) is 36.4 Å². The number of rotatable bonds is 17. The summed E-state index contributed by atoms with van der Waals surface area (Å²) in [6.07, 6.45) is 4.43. The molecule has 224 valence electrons. The molecule has 10 heteroatoms. The number of nitrogens with two attached hydrogens (primary N) is 1. The molecule has 0 unspecified atom stereocenters. The summed E-state index contributed by atoms with van der Waals surface area (Å²) in [6.45, 7) is 3.85. The van der Waals surface area contributed by atoms with Crippen molar-refractivity contribution in [3.63, 3.8) is 0 Å². The smallest absolute Gasteiger partial charge is 0.468 e. The monoisotopic (exact) mass is 571 g/mol. The first-order valence-electron chi connectivity index (χ1n) is 14.0. The van der Waals surface area contributed by atoms with Crippen LogP contribution in [0.4, 0.5) is 4.79 Å². The van der Waals surface area contributed by atoms with Crippen molar-refractivity contribution >= 4 is 24.1 Å². The molecule has 0 aromatic heterocycles. The van der Waals surface area contributed by atoms with Crippen LogP contribution in [0, 0.1) is 0 Å². The normalized spacial score (nSPS) is 12.1. The third kappa shape index (κ3) is 12.0. The standard InChI is InChI=1S/C31H41NO9/c1-4-6-9-15-27(33)40-25-18-17-23(21-26(25)41-28(34)16-10-7-5-2)22-31(32,29(35)37-3)19-20-38-30(36)39-24-13-11-8-12-14-24/h8,11-14,17-18,21H,4-7,9-10,15-16,19-20,22,32H2,1-3H3/t31-/m1/s1. The van der Waals surface area contributed by atoms with Gasteiger partial charge in [0, 0.05) is 25.7 Å². The molecule has 0 saturated carbocycles. The van der Waals surface area contributed by atoms with Gasteiger partial charge in [-0.05, 0) is 42.7 Å². The molecular formula is C31H41NO9. The third-order valence-corrected chi connectivity index (χ3v) is 6.25. The molecule has 2 rings (SSSR count). The van der Waals surface area contributed by atoms with Crippen LogP contribution in [0.5, 0.6) is 17.2 Å². The fourth-order valence-electron chi connectivity index (χ4n) is 3.97. The lowest BCUT2D eigenvalue weighted by molar-refractivity contribution is -0.147. The number of esters is 3. The Morgan fingerprint density at radius 1 is 0.780 bits per heavy atom. The fraction of sp³-hybridized carbons (Fsp3) is 0.484. The van der Waals surface area contributed by atoms with Crippen LogP contribution in [0.15, 0.2) is 48.5 Å². The summed E-state index contributed by atoms with van der Waals surface area (Å²) in [5.74, 6) is -1.14. The van der Waals surface area contributed by atoms with Gasteiger partial charge in [0.25, 0.3) is 0 Å².